The van der Waals surface area contributed by atoms with Crippen LogP contribution in [0.3, 0.4) is 0 Å². The summed E-state index contributed by atoms with van der Waals surface area (Å²) in [7, 11) is 0. The molecule has 0 bridgehead atoms. The molecule has 186 valence electrons. The minimum atomic E-state index is -0.244. The second-order valence-electron chi connectivity index (χ2n) is 9.89. The van der Waals surface area contributed by atoms with Crippen molar-refractivity contribution in [3.8, 4) is 0 Å². The number of nitrogens with zero attached hydrogens (tertiary/aromatic N) is 6. The molecule has 2 aromatic heterocycles. The van der Waals surface area contributed by atoms with Crippen LogP contribution >= 0.6 is 23.2 Å². The summed E-state index contributed by atoms with van der Waals surface area (Å²) >= 11 is 12.6. The quantitative estimate of drug-likeness (QED) is 0.401. The van der Waals surface area contributed by atoms with Gasteiger partial charge in [-0.1, -0.05) is 35.7 Å². The lowest BCUT2D eigenvalue weighted by Crippen LogP contribution is -2.50. The highest BCUT2D eigenvalue weighted by molar-refractivity contribution is 6.35. The normalized spacial score (nSPS) is 20.9. The van der Waals surface area contributed by atoms with Crippen LogP contribution in [0.1, 0.15) is 75.0 Å². The zero-order valence-corrected chi connectivity index (χ0v) is 22.1. The van der Waals surface area contributed by atoms with E-state index >= 15 is 0 Å². The Morgan fingerprint density at radius 3 is 2.57 bits per heavy atom. The van der Waals surface area contributed by atoms with Crippen molar-refractivity contribution in [3.63, 3.8) is 0 Å². The molecule has 5 rings (SSSR count). The van der Waals surface area contributed by atoms with Crippen molar-refractivity contribution in [3.05, 3.63) is 45.7 Å². The van der Waals surface area contributed by atoms with Crippen molar-refractivity contribution in [2.45, 2.75) is 71.0 Å². The molecule has 0 aliphatic carbocycles. The lowest BCUT2D eigenvalue weighted by atomic mass is 9.96. The van der Waals surface area contributed by atoms with Crippen molar-refractivity contribution in [2.75, 3.05) is 24.5 Å². The smallest absolute Gasteiger partial charge is 0.182 e. The fourth-order valence-electron chi connectivity index (χ4n) is 5.62. The number of piperidine rings is 2. The van der Waals surface area contributed by atoms with Gasteiger partial charge in [0, 0.05) is 42.1 Å². The number of carbonyl (C=O) groups excluding carboxylic acids is 1. The van der Waals surface area contributed by atoms with Crippen LogP contribution < -0.4 is 4.90 Å². The maximum atomic E-state index is 12.3. The van der Waals surface area contributed by atoms with Crippen LogP contribution in [0.2, 0.25) is 10.0 Å². The van der Waals surface area contributed by atoms with E-state index in [9.17, 15) is 4.79 Å². The molecule has 2 aliphatic heterocycles. The molecular weight excluding hydrogens is 483 g/mol. The Balaban J connectivity index is 1.43. The van der Waals surface area contributed by atoms with Gasteiger partial charge in [-0.15, -0.1) is 0 Å². The number of hydrogen-bond acceptors (Lipinski definition) is 6. The van der Waals surface area contributed by atoms with E-state index in [4.69, 9.17) is 28.2 Å². The van der Waals surface area contributed by atoms with Gasteiger partial charge in [0.25, 0.3) is 0 Å². The number of halogens is 2. The van der Waals surface area contributed by atoms with E-state index in [1.54, 1.807) is 23.0 Å². The predicted octanol–water partition coefficient (Wildman–Crippen LogP) is 5.79. The van der Waals surface area contributed by atoms with E-state index in [2.05, 4.69) is 26.8 Å². The molecular formula is C26H32Cl2N6O. The Bertz CT molecular complexity index is 1240. The van der Waals surface area contributed by atoms with Gasteiger partial charge in [-0.25, -0.2) is 14.6 Å². The predicted molar refractivity (Wildman–Crippen MR) is 141 cm³/mol. The Hall–Kier alpha value is -2.22. The second-order valence-corrected chi connectivity index (χ2v) is 10.7. The first kappa shape index (κ1) is 24.5. The fourth-order valence-corrected chi connectivity index (χ4v) is 6.19. The van der Waals surface area contributed by atoms with Crippen LogP contribution in [0.5, 0.6) is 0 Å². The third-order valence-corrected chi connectivity index (χ3v) is 8.18. The van der Waals surface area contributed by atoms with Gasteiger partial charge in [-0.05, 0) is 63.8 Å². The molecule has 2 saturated heterocycles. The van der Waals surface area contributed by atoms with E-state index in [1.165, 1.54) is 32.7 Å². The summed E-state index contributed by atoms with van der Waals surface area (Å²) in [5.74, 6) is 0.690. The van der Waals surface area contributed by atoms with E-state index in [1.807, 2.05) is 13.0 Å². The van der Waals surface area contributed by atoms with Crippen LogP contribution in [0.4, 0.5) is 5.82 Å². The average molecular weight is 515 g/mol. The van der Waals surface area contributed by atoms with E-state index in [0.717, 1.165) is 37.3 Å². The third-order valence-electron chi connectivity index (χ3n) is 7.62. The molecule has 0 saturated carbocycles. The number of anilines is 1. The largest absolute Gasteiger partial charge is 0.355 e. The SMILES string of the molecule is CC(=O)c1nn(C(C)c2ccc(Cl)cc2Cl)c2nc(N3CCC(N4CCCCC4C)CC3)cnc12. The molecule has 0 N–H and O–H groups in total. The zero-order chi connectivity index (χ0) is 24.7. The molecule has 35 heavy (non-hydrogen) atoms. The van der Waals surface area contributed by atoms with Crippen molar-refractivity contribution >= 4 is 46.0 Å². The van der Waals surface area contributed by atoms with E-state index in [0.29, 0.717) is 39.0 Å². The van der Waals surface area contributed by atoms with Crippen LogP contribution in [-0.2, 0) is 0 Å². The summed E-state index contributed by atoms with van der Waals surface area (Å²) in [5, 5.41) is 5.75. The molecule has 1 aromatic carbocycles. The van der Waals surface area contributed by atoms with Crippen LogP contribution in [-0.4, -0.2) is 62.1 Å². The third kappa shape index (κ3) is 4.78. The van der Waals surface area contributed by atoms with Gasteiger partial charge in [0.15, 0.2) is 17.1 Å². The van der Waals surface area contributed by atoms with Gasteiger partial charge in [-0.2, -0.15) is 5.10 Å². The number of Topliss-reactive ketones (excluding diaryl/α,β-unsaturated/α-hetero) is 1. The monoisotopic (exact) mass is 514 g/mol. The minimum Gasteiger partial charge on any atom is -0.355 e. The Kier molecular flexibility index (Phi) is 7.02. The molecule has 2 unspecified atom stereocenters. The lowest BCUT2D eigenvalue weighted by molar-refractivity contribution is 0.0896. The van der Waals surface area contributed by atoms with Crippen LogP contribution in [0.15, 0.2) is 24.4 Å². The molecule has 2 atom stereocenters. The highest BCUT2D eigenvalue weighted by Crippen LogP contribution is 2.32. The molecule has 9 heteroatoms. The van der Waals surface area contributed by atoms with Gasteiger partial charge in [0.1, 0.15) is 11.3 Å². The molecule has 3 aromatic rings. The first-order valence-electron chi connectivity index (χ1n) is 12.6. The minimum absolute atomic E-state index is 0.137. The number of fused-ring (bicyclic) bond motifs is 1. The lowest BCUT2D eigenvalue weighted by Gasteiger charge is -2.43. The summed E-state index contributed by atoms with van der Waals surface area (Å²) in [6.07, 6.45) is 8.00. The maximum absolute atomic E-state index is 12.3. The molecule has 0 radical (unpaired) electrons. The number of likely N-dealkylation sites (tertiary alicyclic amines) is 1. The summed E-state index contributed by atoms with van der Waals surface area (Å²) in [5.41, 5.74) is 2.31. The van der Waals surface area contributed by atoms with Gasteiger partial charge in [0.05, 0.1) is 12.2 Å². The summed E-state index contributed by atoms with van der Waals surface area (Å²) in [4.78, 5) is 27.0. The molecule has 2 aliphatic rings. The van der Waals surface area contributed by atoms with Crippen LogP contribution in [0.25, 0.3) is 11.2 Å². The van der Waals surface area contributed by atoms with E-state index in [-0.39, 0.29) is 11.8 Å². The van der Waals surface area contributed by atoms with Gasteiger partial charge in [0.2, 0.25) is 0 Å². The number of hydrogen-bond donors (Lipinski definition) is 0. The van der Waals surface area contributed by atoms with E-state index < -0.39 is 0 Å². The van der Waals surface area contributed by atoms with Gasteiger partial charge >= 0.3 is 0 Å². The molecule has 7 nitrogen and oxygen atoms in total. The molecule has 2 fully saturated rings. The van der Waals surface area contributed by atoms with Crippen molar-refractivity contribution in [1.29, 1.82) is 0 Å². The summed E-state index contributed by atoms with van der Waals surface area (Å²) in [6, 6.07) is 6.49. The molecule has 4 heterocycles. The first-order chi connectivity index (χ1) is 16.8. The van der Waals surface area contributed by atoms with Crippen molar-refractivity contribution in [2.24, 2.45) is 0 Å². The number of aromatic nitrogens is 4. The highest BCUT2D eigenvalue weighted by Gasteiger charge is 2.30. The standard InChI is InChI=1S/C26H32Cl2N6O/c1-16-6-4-5-11-33(16)20-9-12-32(13-10-20)23-15-29-25-24(18(3)35)31-34(26(25)30-23)17(2)21-8-7-19(27)14-22(21)28/h7-8,14-17,20H,4-6,9-13H2,1-3H3. The number of benzene rings is 1. The zero-order valence-electron chi connectivity index (χ0n) is 20.5. The summed E-state index contributed by atoms with van der Waals surface area (Å²) in [6.45, 7) is 8.97. The average Bonchev–Trinajstić information content (AvgIpc) is 3.23. The molecule has 0 spiro atoms. The van der Waals surface area contributed by atoms with Crippen molar-refractivity contribution in [1.82, 2.24) is 24.6 Å². The molecule has 0 amide bonds. The Labute approximate surface area is 216 Å². The van der Waals surface area contributed by atoms with Crippen molar-refractivity contribution < 1.29 is 4.79 Å². The maximum Gasteiger partial charge on any atom is 0.182 e. The number of ketones is 1. The second kappa shape index (κ2) is 10.0. The topological polar surface area (TPSA) is 67.2 Å². The summed E-state index contributed by atoms with van der Waals surface area (Å²) < 4.78 is 1.76. The Morgan fingerprint density at radius 1 is 1.11 bits per heavy atom. The fraction of sp³-hybridized carbons (Fsp3) is 0.538. The Morgan fingerprint density at radius 2 is 1.89 bits per heavy atom. The first-order valence-corrected chi connectivity index (χ1v) is 13.3. The number of carbonyl (C=O) groups is 1. The van der Waals surface area contributed by atoms with Crippen LogP contribution in [0, 0.1) is 0 Å². The van der Waals surface area contributed by atoms with Gasteiger partial charge in [-0.3, -0.25) is 9.69 Å². The number of rotatable bonds is 5. The van der Waals surface area contributed by atoms with Gasteiger partial charge < -0.3 is 4.90 Å². The highest BCUT2D eigenvalue weighted by atomic mass is 35.5.